The van der Waals surface area contributed by atoms with E-state index < -0.39 is 0 Å². The molecule has 3 aromatic rings. The van der Waals surface area contributed by atoms with Crippen LogP contribution in [0.5, 0.6) is 11.5 Å². The lowest BCUT2D eigenvalue weighted by molar-refractivity contribution is -0.118. The summed E-state index contributed by atoms with van der Waals surface area (Å²) in [6.45, 7) is 2.14. The summed E-state index contributed by atoms with van der Waals surface area (Å²) >= 11 is 1.47. The molecule has 1 atom stereocenters. The van der Waals surface area contributed by atoms with Crippen LogP contribution in [0.1, 0.15) is 22.2 Å². The van der Waals surface area contributed by atoms with E-state index in [-0.39, 0.29) is 23.6 Å². The number of methoxy groups -OCH3 is 1. The van der Waals surface area contributed by atoms with Gasteiger partial charge in [0.2, 0.25) is 0 Å². The molecule has 1 aromatic heterocycles. The van der Waals surface area contributed by atoms with Crippen molar-refractivity contribution >= 4 is 29.2 Å². The maximum absolute atomic E-state index is 12.9. The topological polar surface area (TPSA) is 76.7 Å². The Morgan fingerprint density at radius 1 is 1.00 bits per heavy atom. The van der Waals surface area contributed by atoms with Crippen molar-refractivity contribution in [3.63, 3.8) is 0 Å². The van der Waals surface area contributed by atoms with E-state index >= 15 is 0 Å². The van der Waals surface area contributed by atoms with Crippen LogP contribution in [0.25, 0.3) is 6.08 Å². The molecule has 0 unspecified atom stereocenters. The third-order valence-corrected chi connectivity index (χ3v) is 5.11. The lowest BCUT2D eigenvalue weighted by atomic mass is 10.2. The van der Waals surface area contributed by atoms with E-state index in [1.165, 1.54) is 11.3 Å². The van der Waals surface area contributed by atoms with Crippen molar-refractivity contribution in [3.8, 4) is 11.5 Å². The smallest absolute Gasteiger partial charge is 0.268 e. The van der Waals surface area contributed by atoms with Crippen LogP contribution in [0.4, 0.5) is 0 Å². The minimum absolute atomic E-state index is 0.162. The van der Waals surface area contributed by atoms with E-state index in [0.717, 1.165) is 10.6 Å². The predicted molar refractivity (Wildman–Crippen MR) is 122 cm³/mol. The maximum atomic E-state index is 12.9. The summed E-state index contributed by atoms with van der Waals surface area (Å²) in [5, 5.41) is 7.50. The average molecular weight is 437 g/mol. The van der Waals surface area contributed by atoms with Crippen LogP contribution in [0.15, 0.2) is 77.8 Å². The Morgan fingerprint density at radius 2 is 1.74 bits per heavy atom. The van der Waals surface area contributed by atoms with Gasteiger partial charge in [-0.2, -0.15) is 0 Å². The summed E-state index contributed by atoms with van der Waals surface area (Å²) in [6, 6.07) is 19.6. The van der Waals surface area contributed by atoms with Crippen LogP contribution in [0.2, 0.25) is 0 Å². The van der Waals surface area contributed by atoms with Crippen molar-refractivity contribution < 1.29 is 19.1 Å². The summed E-state index contributed by atoms with van der Waals surface area (Å²) in [4.78, 5) is 26.4. The third-order valence-electron chi connectivity index (χ3n) is 4.30. The minimum atomic E-state index is -0.389. The zero-order valence-electron chi connectivity index (χ0n) is 17.3. The number of rotatable bonds is 9. The molecule has 0 spiro atoms. The van der Waals surface area contributed by atoms with Gasteiger partial charge in [0.05, 0.1) is 13.2 Å². The van der Waals surface area contributed by atoms with Gasteiger partial charge >= 0.3 is 0 Å². The number of carbonyl (C=O) groups excluding carboxylic acids is 2. The molecule has 31 heavy (non-hydrogen) atoms. The molecule has 1 heterocycles. The van der Waals surface area contributed by atoms with Gasteiger partial charge < -0.3 is 20.1 Å². The third kappa shape index (κ3) is 6.72. The van der Waals surface area contributed by atoms with Gasteiger partial charge in [0.25, 0.3) is 11.8 Å². The quantitative estimate of drug-likeness (QED) is 0.495. The predicted octanol–water partition coefficient (Wildman–Crippen LogP) is 4.11. The molecule has 0 saturated heterocycles. The van der Waals surface area contributed by atoms with E-state index in [0.29, 0.717) is 17.9 Å². The number of benzene rings is 2. The van der Waals surface area contributed by atoms with Crippen molar-refractivity contribution in [2.45, 2.75) is 13.0 Å². The highest BCUT2D eigenvalue weighted by Gasteiger charge is 2.17. The highest BCUT2D eigenvalue weighted by atomic mass is 32.1. The van der Waals surface area contributed by atoms with Crippen LogP contribution in [0.3, 0.4) is 0 Å². The van der Waals surface area contributed by atoms with Crippen LogP contribution in [-0.4, -0.2) is 31.6 Å². The minimum Gasteiger partial charge on any atom is -0.497 e. The number of para-hydroxylation sites is 1. The van der Waals surface area contributed by atoms with Crippen LogP contribution in [-0.2, 0) is 4.79 Å². The first-order chi connectivity index (χ1) is 15.0. The lowest BCUT2D eigenvalue weighted by Crippen LogP contribution is -2.41. The van der Waals surface area contributed by atoms with Crippen molar-refractivity contribution in [1.82, 2.24) is 10.6 Å². The molecule has 2 N–H and O–H groups in total. The molecular weight excluding hydrogens is 412 g/mol. The van der Waals surface area contributed by atoms with Gasteiger partial charge in [-0.3, -0.25) is 9.59 Å². The molecule has 160 valence electrons. The highest BCUT2D eigenvalue weighted by molar-refractivity contribution is 7.10. The second-order valence-electron chi connectivity index (χ2n) is 6.75. The normalized spacial score (nSPS) is 12.0. The molecule has 7 heteroatoms. The van der Waals surface area contributed by atoms with Gasteiger partial charge in [0.1, 0.15) is 23.8 Å². The number of carbonyl (C=O) groups is 2. The van der Waals surface area contributed by atoms with Crippen molar-refractivity contribution in [3.05, 3.63) is 88.2 Å². The molecule has 3 rings (SSSR count). The Kier molecular flexibility index (Phi) is 7.84. The fraction of sp³-hybridized carbons (Fsp3) is 0.167. The zero-order valence-corrected chi connectivity index (χ0v) is 18.1. The highest BCUT2D eigenvalue weighted by Crippen LogP contribution is 2.15. The summed E-state index contributed by atoms with van der Waals surface area (Å²) in [5.74, 6) is 0.606. The Balaban J connectivity index is 1.67. The van der Waals surface area contributed by atoms with Crippen LogP contribution < -0.4 is 20.1 Å². The molecule has 6 nitrogen and oxygen atoms in total. The maximum Gasteiger partial charge on any atom is 0.268 e. The van der Waals surface area contributed by atoms with Gasteiger partial charge in [0.15, 0.2) is 0 Å². The number of hydrogen-bond acceptors (Lipinski definition) is 5. The summed E-state index contributed by atoms with van der Waals surface area (Å²) in [6.07, 6.45) is 1.66. The monoisotopic (exact) mass is 436 g/mol. The number of ether oxygens (including phenoxy) is 2. The molecule has 0 aliphatic carbocycles. The van der Waals surface area contributed by atoms with Gasteiger partial charge in [-0.25, -0.2) is 0 Å². The lowest BCUT2D eigenvalue weighted by Gasteiger charge is -2.17. The fourth-order valence-corrected chi connectivity index (χ4v) is 3.35. The number of nitrogens with one attached hydrogen (secondary N) is 2. The molecule has 0 fully saturated rings. The molecular formula is C24H24N2O4S. The molecule has 2 amide bonds. The van der Waals surface area contributed by atoms with E-state index in [2.05, 4.69) is 10.6 Å². The first-order valence-electron chi connectivity index (χ1n) is 9.74. The Labute approximate surface area is 185 Å². The number of thiophene rings is 1. The summed E-state index contributed by atoms with van der Waals surface area (Å²) in [5.41, 5.74) is 0.584. The molecule has 0 aliphatic rings. The first-order valence-corrected chi connectivity index (χ1v) is 10.6. The van der Waals surface area contributed by atoms with E-state index in [1.807, 2.05) is 54.8 Å². The van der Waals surface area contributed by atoms with Gasteiger partial charge in [-0.05, 0) is 60.8 Å². The summed E-state index contributed by atoms with van der Waals surface area (Å²) < 4.78 is 10.8. The molecule has 0 aliphatic heterocycles. The molecule has 0 radical (unpaired) electrons. The second-order valence-corrected chi connectivity index (χ2v) is 7.73. The fourth-order valence-electron chi connectivity index (χ4n) is 2.69. The molecule has 0 saturated carbocycles. The zero-order chi connectivity index (χ0) is 22.1. The average Bonchev–Trinajstić information content (AvgIpc) is 3.31. The van der Waals surface area contributed by atoms with Crippen molar-refractivity contribution in [2.24, 2.45) is 0 Å². The Morgan fingerprint density at radius 3 is 2.39 bits per heavy atom. The van der Waals surface area contributed by atoms with Gasteiger partial charge in [-0.15, -0.1) is 11.3 Å². The van der Waals surface area contributed by atoms with E-state index in [9.17, 15) is 9.59 Å². The first kappa shape index (κ1) is 22.1. The summed E-state index contributed by atoms with van der Waals surface area (Å²) in [7, 11) is 1.56. The van der Waals surface area contributed by atoms with Gasteiger partial charge in [0, 0.05) is 10.4 Å². The largest absolute Gasteiger partial charge is 0.497 e. The Bertz CT molecular complexity index is 1020. The van der Waals surface area contributed by atoms with Crippen molar-refractivity contribution in [2.75, 3.05) is 13.7 Å². The number of amides is 2. The standard InChI is InChI=1S/C24H24N2O4S/c1-17(16-30-20-7-4-3-5-8-20)25-24(28)22(15-21-9-6-14-31-21)26-23(27)18-10-12-19(29-2)13-11-18/h3-15,17H,16H2,1-2H3,(H,25,28)(H,26,27)/b22-15-/t17-/m1/s1. The van der Waals surface area contributed by atoms with Gasteiger partial charge in [-0.1, -0.05) is 24.3 Å². The SMILES string of the molecule is COc1ccc(C(=O)N/C(=C\c2cccs2)C(=O)N[C@H](C)COc2ccccc2)cc1. The van der Waals surface area contributed by atoms with E-state index in [1.54, 1.807) is 37.5 Å². The van der Waals surface area contributed by atoms with Crippen LogP contribution >= 0.6 is 11.3 Å². The Hall–Kier alpha value is -3.58. The second kappa shape index (κ2) is 11.0. The number of hydrogen-bond donors (Lipinski definition) is 2. The van der Waals surface area contributed by atoms with Crippen molar-refractivity contribution in [1.29, 1.82) is 0 Å². The molecule has 0 bridgehead atoms. The van der Waals surface area contributed by atoms with E-state index in [4.69, 9.17) is 9.47 Å². The molecule has 2 aromatic carbocycles. The van der Waals surface area contributed by atoms with Crippen LogP contribution in [0, 0.1) is 0 Å².